The highest BCUT2D eigenvalue weighted by Gasteiger charge is 2.13. The number of benzene rings is 1. The third kappa shape index (κ3) is 2.84. The Labute approximate surface area is 96.9 Å². The van der Waals surface area contributed by atoms with E-state index in [-0.39, 0.29) is 0 Å². The maximum atomic E-state index is 13.1. The highest BCUT2D eigenvalue weighted by atomic mass is 19.3. The van der Waals surface area contributed by atoms with Crippen LogP contribution in [0.1, 0.15) is 23.2 Å². The van der Waals surface area contributed by atoms with Gasteiger partial charge in [-0.1, -0.05) is 12.1 Å². The fraction of sp³-hybridized carbons (Fsp3) is 0.154. The van der Waals surface area contributed by atoms with Crippen LogP contribution in [0.3, 0.4) is 0 Å². The molecule has 1 aromatic heterocycles. The van der Waals surface area contributed by atoms with Gasteiger partial charge in [-0.25, -0.2) is 13.2 Å². The normalized spacial score (nSPS) is 10.8. The van der Waals surface area contributed by atoms with Gasteiger partial charge in [0.1, 0.15) is 5.82 Å². The van der Waals surface area contributed by atoms with Gasteiger partial charge in [0, 0.05) is 18.3 Å². The molecule has 0 bridgehead atoms. The largest absolute Gasteiger partial charge is 0.266 e. The molecule has 0 aliphatic rings. The summed E-state index contributed by atoms with van der Waals surface area (Å²) < 4.78 is 38.0. The van der Waals surface area contributed by atoms with Crippen LogP contribution in [0.15, 0.2) is 42.6 Å². The molecule has 0 radical (unpaired) electrons. The summed E-state index contributed by atoms with van der Waals surface area (Å²) in [4.78, 5) is 4.09. The molecule has 0 saturated heterocycles. The molecule has 4 heteroatoms. The number of rotatable bonds is 3. The van der Waals surface area contributed by atoms with Crippen LogP contribution in [0.4, 0.5) is 13.2 Å². The molecule has 0 atom stereocenters. The lowest BCUT2D eigenvalue weighted by Gasteiger charge is -2.05. The number of hydrogen-bond donors (Lipinski definition) is 0. The Balaban J connectivity index is 2.26. The lowest BCUT2D eigenvalue weighted by Crippen LogP contribution is -1.96. The number of pyridine rings is 1. The second-order valence-corrected chi connectivity index (χ2v) is 3.65. The van der Waals surface area contributed by atoms with Crippen molar-refractivity contribution >= 4 is 0 Å². The minimum atomic E-state index is -2.79. The first-order chi connectivity index (χ1) is 8.16. The van der Waals surface area contributed by atoms with E-state index in [1.807, 2.05) is 6.07 Å². The summed E-state index contributed by atoms with van der Waals surface area (Å²) >= 11 is 0. The van der Waals surface area contributed by atoms with Crippen molar-refractivity contribution in [3.63, 3.8) is 0 Å². The zero-order valence-electron chi connectivity index (χ0n) is 8.91. The molecule has 17 heavy (non-hydrogen) atoms. The quantitative estimate of drug-likeness (QED) is 0.792. The summed E-state index contributed by atoms with van der Waals surface area (Å²) in [6.45, 7) is 0. The highest BCUT2D eigenvalue weighted by Crippen LogP contribution is 2.23. The van der Waals surface area contributed by atoms with E-state index in [1.54, 1.807) is 18.3 Å². The molecule has 2 aromatic rings. The van der Waals surface area contributed by atoms with Crippen molar-refractivity contribution in [2.24, 2.45) is 0 Å². The van der Waals surface area contributed by atoms with Crippen LogP contribution in [0.5, 0.6) is 0 Å². The lowest BCUT2D eigenvalue weighted by atomic mass is 10.1. The van der Waals surface area contributed by atoms with Gasteiger partial charge in [0.2, 0.25) is 0 Å². The van der Waals surface area contributed by atoms with Gasteiger partial charge in [-0.15, -0.1) is 0 Å². The molecule has 0 amide bonds. The van der Waals surface area contributed by atoms with Crippen LogP contribution in [-0.2, 0) is 6.42 Å². The van der Waals surface area contributed by atoms with Gasteiger partial charge in [-0.05, 0) is 29.8 Å². The van der Waals surface area contributed by atoms with Crippen molar-refractivity contribution < 1.29 is 13.2 Å². The molecule has 1 nitrogen and oxygen atoms in total. The molecule has 0 aliphatic heterocycles. The summed E-state index contributed by atoms with van der Waals surface area (Å²) in [6, 6.07) is 9.15. The second kappa shape index (κ2) is 4.99. The van der Waals surface area contributed by atoms with E-state index in [2.05, 4.69) is 4.98 Å². The monoisotopic (exact) mass is 237 g/mol. The van der Waals surface area contributed by atoms with Crippen LogP contribution < -0.4 is 0 Å². The van der Waals surface area contributed by atoms with E-state index in [4.69, 9.17) is 0 Å². The predicted octanol–water partition coefficient (Wildman–Crippen LogP) is 3.75. The molecule has 1 heterocycles. The van der Waals surface area contributed by atoms with Crippen LogP contribution in [0, 0.1) is 5.82 Å². The third-order valence-corrected chi connectivity index (χ3v) is 2.41. The highest BCUT2D eigenvalue weighted by molar-refractivity contribution is 5.29. The van der Waals surface area contributed by atoms with E-state index >= 15 is 0 Å². The Morgan fingerprint density at radius 2 is 1.94 bits per heavy atom. The first-order valence-corrected chi connectivity index (χ1v) is 5.13. The lowest BCUT2D eigenvalue weighted by molar-refractivity contribution is 0.146. The molecule has 0 unspecified atom stereocenters. The van der Waals surface area contributed by atoms with E-state index in [0.717, 1.165) is 11.8 Å². The molecule has 0 aliphatic carbocycles. The Hall–Kier alpha value is -1.84. The van der Waals surface area contributed by atoms with Crippen molar-refractivity contribution in [3.05, 3.63) is 65.2 Å². The van der Waals surface area contributed by atoms with Gasteiger partial charge in [0.25, 0.3) is 6.43 Å². The molecule has 88 valence electrons. The minimum absolute atomic E-state index is 0.418. The third-order valence-electron chi connectivity index (χ3n) is 2.41. The maximum absolute atomic E-state index is 13.1. The van der Waals surface area contributed by atoms with Crippen molar-refractivity contribution in [1.29, 1.82) is 0 Å². The molecule has 0 N–H and O–H groups in total. The molecule has 2 rings (SSSR count). The van der Waals surface area contributed by atoms with Gasteiger partial charge < -0.3 is 0 Å². The van der Waals surface area contributed by atoms with E-state index in [9.17, 15) is 13.2 Å². The topological polar surface area (TPSA) is 12.9 Å². The van der Waals surface area contributed by atoms with E-state index < -0.39 is 17.8 Å². The first-order valence-electron chi connectivity index (χ1n) is 5.13. The van der Waals surface area contributed by atoms with Crippen LogP contribution >= 0.6 is 0 Å². The SMILES string of the molecule is Fc1ccc(Cc2ccccn2)cc1C(F)F. The zero-order chi connectivity index (χ0) is 12.3. The van der Waals surface area contributed by atoms with Crippen molar-refractivity contribution in [2.75, 3.05) is 0 Å². The summed E-state index contributed by atoms with van der Waals surface area (Å²) in [5.74, 6) is -0.871. The molecule has 0 spiro atoms. The Morgan fingerprint density at radius 1 is 1.12 bits per heavy atom. The summed E-state index contributed by atoms with van der Waals surface area (Å²) in [6.07, 6.45) is -0.744. The number of nitrogens with zero attached hydrogens (tertiary/aromatic N) is 1. The van der Waals surface area contributed by atoms with Crippen LogP contribution in [0.2, 0.25) is 0 Å². The first kappa shape index (κ1) is 11.6. The van der Waals surface area contributed by atoms with Crippen molar-refractivity contribution in [2.45, 2.75) is 12.8 Å². The molecular formula is C13H10F3N. The van der Waals surface area contributed by atoms with E-state index in [0.29, 0.717) is 12.0 Å². The summed E-state index contributed by atoms with van der Waals surface area (Å²) in [5.41, 5.74) is 0.832. The number of halogens is 3. The molecule has 0 fully saturated rings. The van der Waals surface area contributed by atoms with Gasteiger partial charge in [0.05, 0.1) is 5.56 Å². The molecular weight excluding hydrogens is 227 g/mol. The Morgan fingerprint density at radius 3 is 2.59 bits per heavy atom. The predicted molar refractivity (Wildman–Crippen MR) is 58.4 cm³/mol. The van der Waals surface area contributed by atoms with Gasteiger partial charge >= 0.3 is 0 Å². The van der Waals surface area contributed by atoms with Gasteiger partial charge in [0.15, 0.2) is 0 Å². The minimum Gasteiger partial charge on any atom is -0.261 e. The van der Waals surface area contributed by atoms with Crippen LogP contribution in [-0.4, -0.2) is 4.98 Å². The maximum Gasteiger partial charge on any atom is 0.266 e. The average Bonchev–Trinajstić information content (AvgIpc) is 2.32. The summed E-state index contributed by atoms with van der Waals surface area (Å²) in [7, 11) is 0. The summed E-state index contributed by atoms with van der Waals surface area (Å²) in [5, 5.41) is 0. The van der Waals surface area contributed by atoms with Gasteiger partial charge in [-0.2, -0.15) is 0 Å². The molecule has 0 saturated carbocycles. The number of hydrogen-bond acceptors (Lipinski definition) is 1. The Kier molecular flexibility index (Phi) is 3.42. The van der Waals surface area contributed by atoms with Crippen molar-refractivity contribution in [3.8, 4) is 0 Å². The number of aromatic nitrogens is 1. The second-order valence-electron chi connectivity index (χ2n) is 3.65. The fourth-order valence-corrected chi connectivity index (χ4v) is 1.58. The molecule has 1 aromatic carbocycles. The zero-order valence-corrected chi connectivity index (χ0v) is 8.91. The van der Waals surface area contributed by atoms with E-state index in [1.165, 1.54) is 12.1 Å². The van der Waals surface area contributed by atoms with Crippen LogP contribution in [0.25, 0.3) is 0 Å². The Bertz CT molecular complexity index is 497. The standard InChI is InChI=1S/C13H10F3N/c14-12-5-4-9(8-11(12)13(15)16)7-10-3-1-2-6-17-10/h1-6,8,13H,7H2. The number of alkyl halides is 2. The van der Waals surface area contributed by atoms with Gasteiger partial charge in [-0.3, -0.25) is 4.98 Å². The fourth-order valence-electron chi connectivity index (χ4n) is 1.58. The smallest absolute Gasteiger partial charge is 0.261 e. The van der Waals surface area contributed by atoms with Crippen molar-refractivity contribution in [1.82, 2.24) is 4.98 Å². The average molecular weight is 237 g/mol.